The number of benzene rings is 8. The molecule has 12 rings (SSSR count). The molecule has 1 aliphatic rings. The summed E-state index contributed by atoms with van der Waals surface area (Å²) in [6.07, 6.45) is 0. The van der Waals surface area contributed by atoms with Gasteiger partial charge in [0.25, 0.3) is 0 Å². The highest BCUT2D eigenvalue weighted by Crippen LogP contribution is 2.58. The van der Waals surface area contributed by atoms with Crippen LogP contribution >= 0.6 is 11.3 Å². The average Bonchev–Trinajstić information content (AvgIpc) is 4.04. The van der Waals surface area contributed by atoms with Crippen LogP contribution in [-0.4, -0.2) is 20.5 Å². The first-order valence-corrected chi connectivity index (χ1v) is 32.3. The van der Waals surface area contributed by atoms with E-state index in [9.17, 15) is 0 Å². The van der Waals surface area contributed by atoms with Crippen molar-refractivity contribution in [2.24, 2.45) is 0 Å². The molecule has 0 N–H and O–H groups in total. The van der Waals surface area contributed by atoms with Crippen molar-refractivity contribution in [3.05, 3.63) is 198 Å². The zero-order valence-corrected chi connectivity index (χ0v) is 44.3. The van der Waals surface area contributed by atoms with Gasteiger partial charge in [-0.2, -0.15) is 0 Å². The number of anilines is 6. The molecule has 8 aromatic carbocycles. The molecule has 1 aliphatic carbocycles. The number of hydrogen-bond donors (Lipinski definition) is 0. The van der Waals surface area contributed by atoms with Crippen LogP contribution in [0.2, 0.25) is 39.3 Å². The lowest BCUT2D eigenvalue weighted by Crippen LogP contribution is -2.40. The lowest BCUT2D eigenvalue weighted by atomic mass is 9.85. The first kappa shape index (κ1) is 43.6. The van der Waals surface area contributed by atoms with Crippen LogP contribution in [0.4, 0.5) is 34.1 Å². The van der Waals surface area contributed by atoms with Gasteiger partial charge in [-0.3, -0.25) is 0 Å². The third-order valence-electron chi connectivity index (χ3n) is 14.9. The van der Waals surface area contributed by atoms with Crippen LogP contribution in [0, 0.1) is 13.8 Å². The quantitative estimate of drug-likeness (QED) is 0.134. The molecule has 0 atom stereocenters. The van der Waals surface area contributed by atoms with Gasteiger partial charge < -0.3 is 14.2 Å². The second-order valence-electron chi connectivity index (χ2n) is 22.0. The van der Waals surface area contributed by atoms with Crippen molar-refractivity contribution in [1.29, 1.82) is 0 Å². The Balaban J connectivity index is 1.09. The number of aromatic nitrogens is 1. The summed E-state index contributed by atoms with van der Waals surface area (Å²) in [5.41, 5.74) is 20.0. The maximum Gasteiger partial charge on any atom is 0.0803 e. The first-order valence-electron chi connectivity index (χ1n) is 24.5. The molecule has 0 unspecified atom stereocenters. The summed E-state index contributed by atoms with van der Waals surface area (Å²) in [7, 11) is -3.25. The maximum absolute atomic E-state index is 2.69. The monoisotopic (exact) mass is 945 g/mol. The molecule has 0 spiro atoms. The van der Waals surface area contributed by atoms with E-state index >= 15 is 0 Å². The van der Waals surface area contributed by atoms with E-state index in [2.05, 4.69) is 257 Å². The van der Waals surface area contributed by atoms with E-state index in [1.807, 2.05) is 11.3 Å². The molecular weight excluding hydrogens is 887 g/mol. The molecule has 3 aromatic heterocycles. The third-order valence-corrected chi connectivity index (χ3v) is 20.2. The Morgan fingerprint density at radius 3 is 1.78 bits per heavy atom. The minimum absolute atomic E-state index is 0.307. The number of para-hydroxylation sites is 2. The van der Waals surface area contributed by atoms with Crippen molar-refractivity contribution in [1.82, 2.24) is 4.40 Å². The van der Waals surface area contributed by atoms with Gasteiger partial charge in [0, 0.05) is 71.7 Å². The van der Waals surface area contributed by atoms with E-state index in [0.29, 0.717) is 0 Å². The van der Waals surface area contributed by atoms with Gasteiger partial charge in [-0.15, -0.1) is 11.3 Å². The van der Waals surface area contributed by atoms with Crippen LogP contribution in [0.25, 0.3) is 58.8 Å². The van der Waals surface area contributed by atoms with Crippen LogP contribution in [0.1, 0.15) is 36.2 Å². The number of fused-ring (bicyclic) bond motifs is 10. The number of rotatable bonds is 9. The predicted octanol–water partition coefficient (Wildman–Crippen LogP) is 17.5. The van der Waals surface area contributed by atoms with Gasteiger partial charge in [-0.1, -0.05) is 161 Å². The van der Waals surface area contributed by atoms with Gasteiger partial charge in [-0.25, -0.2) is 0 Å². The molecule has 6 heteroatoms. The minimum atomic E-state index is -1.75. The van der Waals surface area contributed by atoms with Crippen LogP contribution < -0.4 is 20.2 Å². The largest absolute Gasteiger partial charge is 0.311 e. The van der Waals surface area contributed by atoms with Gasteiger partial charge >= 0.3 is 0 Å². The van der Waals surface area contributed by atoms with E-state index in [4.69, 9.17) is 0 Å². The number of aryl methyl sites for hydroxylation is 2. The Kier molecular flexibility index (Phi) is 9.89. The fraction of sp³-hybridized carbons (Fsp3) is 0.175. The van der Waals surface area contributed by atoms with Crippen LogP contribution in [0.15, 0.2) is 176 Å². The van der Waals surface area contributed by atoms with Crippen LogP contribution in [0.3, 0.4) is 0 Å². The van der Waals surface area contributed by atoms with E-state index in [1.54, 1.807) is 0 Å². The summed E-state index contributed by atoms with van der Waals surface area (Å²) in [4.78, 5) is 4.98. The highest BCUT2D eigenvalue weighted by atomic mass is 32.1. The van der Waals surface area contributed by atoms with E-state index in [-0.39, 0.29) is 5.41 Å². The highest BCUT2D eigenvalue weighted by molar-refractivity contribution is 7.26. The maximum atomic E-state index is 2.69. The Hall–Kier alpha value is -6.71. The van der Waals surface area contributed by atoms with Gasteiger partial charge in [0.2, 0.25) is 0 Å². The Morgan fingerprint density at radius 1 is 0.493 bits per heavy atom. The molecule has 0 saturated carbocycles. The summed E-state index contributed by atoms with van der Waals surface area (Å²) in [5.74, 6) is 0. The van der Waals surface area contributed by atoms with Crippen molar-refractivity contribution in [3.8, 4) is 22.3 Å². The number of nitrogens with zero attached hydrogens (tertiary/aromatic N) is 3. The van der Waals surface area contributed by atoms with E-state index in [1.165, 1.54) is 114 Å². The van der Waals surface area contributed by atoms with Crippen molar-refractivity contribution < 1.29 is 0 Å². The molecule has 0 aliphatic heterocycles. The lowest BCUT2D eigenvalue weighted by molar-refractivity contribution is 0.634. The molecule has 0 saturated heterocycles. The SMILES string of the molecule is Cc1ccc(N(c2ccc3c(c2)sc2c4cc(-c5ccccc5)cc5c6c(n(c54)c32)C(C)(C)c2cc(N(c3ccc([Si](C)(C)C)cc3)c3ccccc3[Si](C)(C)C)ccc2-6)c2ccccc2C)cc1. The molecule has 0 bridgehead atoms. The normalized spacial score (nSPS) is 13.5. The van der Waals surface area contributed by atoms with Crippen molar-refractivity contribution >= 4 is 109 Å². The average molecular weight is 946 g/mol. The molecule has 0 fully saturated rings. The van der Waals surface area contributed by atoms with Gasteiger partial charge in [0.1, 0.15) is 0 Å². The summed E-state index contributed by atoms with van der Waals surface area (Å²) in [6, 6.07) is 66.8. The molecule has 0 radical (unpaired) electrons. The summed E-state index contributed by atoms with van der Waals surface area (Å²) in [6.45, 7) is 24.0. The van der Waals surface area contributed by atoms with Crippen LogP contribution in [-0.2, 0) is 5.41 Å². The standard InChI is InChI=1S/C63H59N3SSi2/c1-40-24-26-44(27-25-40)64(54-21-15-14-18-41(54)2)47-31-35-50-56(39-47)67-61-52-37-43(42-19-12-11-13-20-42)36-51-58-49-34-30-46(38-53(49)63(3,4)62(58)66(59(51)52)60(50)61)65(45-28-32-48(33-29-45)68(5,6)7)55-22-16-17-23-57(55)69(8,9)10/h11-39H,1-10H3. The van der Waals surface area contributed by atoms with Gasteiger partial charge in [-0.05, 0) is 126 Å². The molecule has 0 amide bonds. The topological polar surface area (TPSA) is 10.9 Å². The van der Waals surface area contributed by atoms with Gasteiger partial charge in [0.05, 0.1) is 31.9 Å². The molecule has 340 valence electrons. The van der Waals surface area contributed by atoms with Crippen LogP contribution in [0.5, 0.6) is 0 Å². The van der Waals surface area contributed by atoms with E-state index in [0.717, 1.165) is 11.4 Å². The highest BCUT2D eigenvalue weighted by Gasteiger charge is 2.42. The second-order valence-corrected chi connectivity index (χ2v) is 33.2. The zero-order valence-electron chi connectivity index (χ0n) is 41.5. The smallest absolute Gasteiger partial charge is 0.0803 e. The summed E-state index contributed by atoms with van der Waals surface area (Å²) in [5, 5.41) is 6.91. The molecule has 69 heavy (non-hydrogen) atoms. The lowest BCUT2D eigenvalue weighted by Gasteiger charge is -2.32. The zero-order chi connectivity index (χ0) is 47.7. The van der Waals surface area contributed by atoms with Gasteiger partial charge in [0.15, 0.2) is 0 Å². The fourth-order valence-electron chi connectivity index (χ4n) is 11.4. The molecular formula is C63H59N3SSi2. The molecule has 3 heterocycles. The third kappa shape index (κ3) is 6.86. The summed E-state index contributed by atoms with van der Waals surface area (Å²) < 4.78 is 5.33. The Labute approximate surface area is 413 Å². The Morgan fingerprint density at radius 2 is 1.09 bits per heavy atom. The predicted molar refractivity (Wildman–Crippen MR) is 307 cm³/mol. The van der Waals surface area contributed by atoms with Crippen molar-refractivity contribution in [2.45, 2.75) is 72.4 Å². The minimum Gasteiger partial charge on any atom is -0.311 e. The van der Waals surface area contributed by atoms with Crippen molar-refractivity contribution in [3.63, 3.8) is 0 Å². The number of hydrogen-bond acceptors (Lipinski definition) is 3. The van der Waals surface area contributed by atoms with Crippen molar-refractivity contribution in [2.75, 3.05) is 9.80 Å². The fourth-order valence-corrected chi connectivity index (χ4v) is 15.4. The summed E-state index contributed by atoms with van der Waals surface area (Å²) >= 11 is 1.94. The first-order chi connectivity index (χ1) is 33.1. The molecule has 3 nitrogen and oxygen atoms in total. The number of thiophene rings is 1. The second kappa shape index (κ2) is 15.7. The van der Waals surface area contributed by atoms with E-state index < -0.39 is 16.1 Å². The Bertz CT molecular complexity index is 3790. The molecule has 11 aromatic rings.